The van der Waals surface area contributed by atoms with E-state index in [0.29, 0.717) is 5.69 Å². The van der Waals surface area contributed by atoms with Crippen molar-refractivity contribution in [2.45, 2.75) is 26.2 Å². The summed E-state index contributed by atoms with van der Waals surface area (Å²) < 4.78 is 0. The number of carboxylic acids is 1. The van der Waals surface area contributed by atoms with Gasteiger partial charge in [0.25, 0.3) is 0 Å². The molecule has 3 nitrogen and oxygen atoms in total. The predicted octanol–water partition coefficient (Wildman–Crippen LogP) is 2.27. The summed E-state index contributed by atoms with van der Waals surface area (Å²) in [7, 11) is 0. The quantitative estimate of drug-likeness (QED) is 0.747. The summed E-state index contributed by atoms with van der Waals surface area (Å²) in [5, 5.41) is 9.29. The molecule has 1 atom stereocenters. The zero-order chi connectivity index (χ0) is 11.6. The Balaban J connectivity index is 3.22. The van der Waals surface area contributed by atoms with Crippen molar-refractivity contribution in [2.75, 3.05) is 5.73 Å². The van der Waals surface area contributed by atoms with E-state index in [-0.39, 0.29) is 5.92 Å². The second-order valence-corrected chi connectivity index (χ2v) is 4.28. The second-order valence-electron chi connectivity index (χ2n) is 4.28. The van der Waals surface area contributed by atoms with E-state index in [2.05, 4.69) is 0 Å². The maximum atomic E-state index is 11.3. The Morgan fingerprint density at radius 2 is 1.80 bits per heavy atom. The maximum absolute atomic E-state index is 11.3. The Morgan fingerprint density at radius 3 is 2.13 bits per heavy atom. The van der Waals surface area contributed by atoms with Gasteiger partial charge in [0.1, 0.15) is 0 Å². The zero-order valence-electron chi connectivity index (χ0n) is 9.32. The summed E-state index contributed by atoms with van der Waals surface area (Å²) >= 11 is 0. The van der Waals surface area contributed by atoms with Gasteiger partial charge in [0.2, 0.25) is 0 Å². The maximum Gasteiger partial charge on any atom is 0.314 e. The normalized spacial score (nSPS) is 14.9. The van der Waals surface area contributed by atoms with Crippen LogP contribution in [0.25, 0.3) is 0 Å². The predicted molar refractivity (Wildman–Crippen MR) is 60.7 cm³/mol. The highest BCUT2D eigenvalue weighted by Gasteiger charge is 2.38. The number of carboxylic acid groups (broad SMARTS) is 1. The van der Waals surface area contributed by atoms with Gasteiger partial charge in [0, 0.05) is 5.69 Å². The molecule has 0 amide bonds. The standard InChI is InChI=1S/C12H17NO2/c1-8(2)12(3,11(14)15)9-4-6-10(13)7-5-9/h4-8H,13H2,1-3H3,(H,14,15). The highest BCUT2D eigenvalue weighted by atomic mass is 16.4. The summed E-state index contributed by atoms with van der Waals surface area (Å²) in [5.41, 5.74) is 6.16. The summed E-state index contributed by atoms with van der Waals surface area (Å²) in [6.07, 6.45) is 0. The lowest BCUT2D eigenvalue weighted by Crippen LogP contribution is -2.37. The lowest BCUT2D eigenvalue weighted by atomic mass is 9.73. The molecule has 0 saturated carbocycles. The molecule has 0 aliphatic carbocycles. The molecule has 0 heterocycles. The Kier molecular flexibility index (Phi) is 3.03. The molecular formula is C12H17NO2. The number of aliphatic carboxylic acids is 1. The number of nitrogens with two attached hydrogens (primary N) is 1. The lowest BCUT2D eigenvalue weighted by molar-refractivity contribution is -0.145. The van der Waals surface area contributed by atoms with Gasteiger partial charge in [-0.3, -0.25) is 4.79 Å². The van der Waals surface area contributed by atoms with Crippen LogP contribution in [0.15, 0.2) is 24.3 Å². The minimum Gasteiger partial charge on any atom is -0.481 e. The number of anilines is 1. The van der Waals surface area contributed by atoms with E-state index < -0.39 is 11.4 Å². The van der Waals surface area contributed by atoms with E-state index >= 15 is 0 Å². The highest BCUT2D eigenvalue weighted by Crippen LogP contribution is 2.32. The number of carbonyl (C=O) groups is 1. The Labute approximate surface area is 89.9 Å². The van der Waals surface area contributed by atoms with Crippen LogP contribution in [0.1, 0.15) is 26.3 Å². The first kappa shape index (κ1) is 11.6. The fraction of sp³-hybridized carbons (Fsp3) is 0.417. The third-order valence-electron chi connectivity index (χ3n) is 3.11. The molecule has 0 spiro atoms. The van der Waals surface area contributed by atoms with Gasteiger partial charge in [-0.05, 0) is 30.5 Å². The first-order valence-electron chi connectivity index (χ1n) is 4.98. The molecule has 1 rings (SSSR count). The third kappa shape index (κ3) is 1.96. The van der Waals surface area contributed by atoms with E-state index in [4.69, 9.17) is 5.73 Å². The fourth-order valence-electron chi connectivity index (χ4n) is 1.53. The van der Waals surface area contributed by atoms with Crippen molar-refractivity contribution in [1.82, 2.24) is 0 Å². The highest BCUT2D eigenvalue weighted by molar-refractivity contribution is 5.81. The van der Waals surface area contributed by atoms with Crippen molar-refractivity contribution >= 4 is 11.7 Å². The Hall–Kier alpha value is -1.51. The van der Waals surface area contributed by atoms with Crippen molar-refractivity contribution in [2.24, 2.45) is 5.92 Å². The van der Waals surface area contributed by atoms with Gasteiger partial charge < -0.3 is 10.8 Å². The van der Waals surface area contributed by atoms with Gasteiger partial charge in [-0.25, -0.2) is 0 Å². The minimum absolute atomic E-state index is 0.0265. The summed E-state index contributed by atoms with van der Waals surface area (Å²) in [6, 6.07) is 7.03. The van der Waals surface area contributed by atoms with Crippen LogP contribution in [0.5, 0.6) is 0 Å². The van der Waals surface area contributed by atoms with Crippen LogP contribution in [-0.2, 0) is 10.2 Å². The second kappa shape index (κ2) is 3.93. The minimum atomic E-state index is -0.853. The molecule has 0 bridgehead atoms. The van der Waals surface area contributed by atoms with E-state index in [1.165, 1.54) is 0 Å². The third-order valence-corrected chi connectivity index (χ3v) is 3.11. The molecule has 3 heteroatoms. The fourth-order valence-corrected chi connectivity index (χ4v) is 1.53. The molecule has 1 unspecified atom stereocenters. The topological polar surface area (TPSA) is 63.3 Å². The SMILES string of the molecule is CC(C)C(C)(C(=O)O)c1ccc(N)cc1. The van der Waals surface area contributed by atoms with Crippen molar-refractivity contribution in [3.63, 3.8) is 0 Å². The van der Waals surface area contributed by atoms with E-state index in [1.54, 1.807) is 31.2 Å². The summed E-state index contributed by atoms with van der Waals surface area (Å²) in [5.74, 6) is -0.777. The number of benzene rings is 1. The molecule has 1 aromatic rings. The van der Waals surface area contributed by atoms with Gasteiger partial charge >= 0.3 is 5.97 Å². The molecule has 15 heavy (non-hydrogen) atoms. The van der Waals surface area contributed by atoms with Crippen LogP contribution in [0, 0.1) is 5.92 Å². The van der Waals surface area contributed by atoms with Crippen molar-refractivity contribution in [3.05, 3.63) is 29.8 Å². The van der Waals surface area contributed by atoms with Crippen LogP contribution < -0.4 is 5.73 Å². The van der Waals surface area contributed by atoms with Crippen LogP contribution >= 0.6 is 0 Å². The monoisotopic (exact) mass is 207 g/mol. The van der Waals surface area contributed by atoms with Crippen LogP contribution in [0.3, 0.4) is 0 Å². The molecule has 0 saturated heterocycles. The van der Waals surface area contributed by atoms with Gasteiger partial charge in [0.15, 0.2) is 0 Å². The van der Waals surface area contributed by atoms with Gasteiger partial charge in [-0.2, -0.15) is 0 Å². The van der Waals surface area contributed by atoms with Gasteiger partial charge in [-0.15, -0.1) is 0 Å². The van der Waals surface area contributed by atoms with Crippen molar-refractivity contribution in [1.29, 1.82) is 0 Å². The molecule has 0 radical (unpaired) electrons. The number of hydrogen-bond acceptors (Lipinski definition) is 2. The van der Waals surface area contributed by atoms with E-state index in [9.17, 15) is 9.90 Å². The summed E-state index contributed by atoms with van der Waals surface area (Å²) in [6.45, 7) is 5.56. The largest absolute Gasteiger partial charge is 0.481 e. The van der Waals surface area contributed by atoms with E-state index in [1.807, 2.05) is 13.8 Å². The van der Waals surface area contributed by atoms with Gasteiger partial charge in [0.05, 0.1) is 5.41 Å². The van der Waals surface area contributed by atoms with Gasteiger partial charge in [-0.1, -0.05) is 26.0 Å². The summed E-state index contributed by atoms with van der Waals surface area (Å²) in [4.78, 5) is 11.3. The molecule has 0 aliphatic rings. The smallest absolute Gasteiger partial charge is 0.314 e. The molecule has 82 valence electrons. The van der Waals surface area contributed by atoms with Crippen molar-refractivity contribution < 1.29 is 9.90 Å². The average Bonchev–Trinajstić information content (AvgIpc) is 2.17. The van der Waals surface area contributed by atoms with Crippen LogP contribution in [0.4, 0.5) is 5.69 Å². The zero-order valence-corrected chi connectivity index (χ0v) is 9.32. The lowest BCUT2D eigenvalue weighted by Gasteiger charge is -2.29. The van der Waals surface area contributed by atoms with Crippen molar-refractivity contribution in [3.8, 4) is 0 Å². The Bertz CT molecular complexity index is 356. The van der Waals surface area contributed by atoms with E-state index in [0.717, 1.165) is 5.56 Å². The molecule has 0 aliphatic heterocycles. The number of rotatable bonds is 3. The van der Waals surface area contributed by atoms with Crippen LogP contribution in [0.2, 0.25) is 0 Å². The molecule has 3 N–H and O–H groups in total. The number of nitrogen functional groups attached to an aromatic ring is 1. The number of hydrogen-bond donors (Lipinski definition) is 2. The van der Waals surface area contributed by atoms with Crippen LogP contribution in [-0.4, -0.2) is 11.1 Å². The molecule has 1 aromatic carbocycles. The first-order chi connectivity index (χ1) is 6.89. The molecular weight excluding hydrogens is 190 g/mol. The average molecular weight is 207 g/mol. The molecule has 0 aromatic heterocycles. The molecule has 0 fully saturated rings. The first-order valence-corrected chi connectivity index (χ1v) is 4.98. The Morgan fingerprint density at radius 1 is 1.33 bits per heavy atom.